The Morgan fingerprint density at radius 1 is 0.656 bits per heavy atom. The van der Waals surface area contributed by atoms with E-state index >= 15 is 0 Å². The predicted molar refractivity (Wildman–Crippen MR) is 127 cm³/mol. The second-order valence-corrected chi connectivity index (χ2v) is 7.82. The van der Waals surface area contributed by atoms with Crippen molar-refractivity contribution >= 4 is 12.2 Å². The summed E-state index contributed by atoms with van der Waals surface area (Å²) in [6.45, 7) is 3.93. The van der Waals surface area contributed by atoms with Crippen LogP contribution < -0.4 is 0 Å². The van der Waals surface area contributed by atoms with Crippen LogP contribution in [0.1, 0.15) is 29.2 Å². The number of rotatable bonds is 5. The molecule has 0 saturated heterocycles. The maximum Gasteiger partial charge on any atom is 0.167 e. The minimum Gasteiger partial charge on any atom is -0.206 e. The van der Waals surface area contributed by atoms with Gasteiger partial charge in [0, 0.05) is 16.7 Å². The highest BCUT2D eigenvalue weighted by molar-refractivity contribution is 5.74. The zero-order valence-electron chi connectivity index (χ0n) is 18.0. The first-order valence-corrected chi connectivity index (χ1v) is 10.6. The summed E-state index contributed by atoms with van der Waals surface area (Å²) in [7, 11) is 0. The molecule has 0 bridgehead atoms. The van der Waals surface area contributed by atoms with Gasteiger partial charge in [-0.05, 0) is 41.7 Å². The molecule has 0 nitrogen and oxygen atoms in total. The van der Waals surface area contributed by atoms with Gasteiger partial charge in [-0.15, -0.1) is 0 Å². The molecule has 0 unspecified atom stereocenters. The minimum atomic E-state index is -0.881. The second-order valence-electron chi connectivity index (χ2n) is 7.82. The molecule has 3 heteroatoms. The molecule has 0 aliphatic heterocycles. The van der Waals surface area contributed by atoms with Crippen LogP contribution in [0.3, 0.4) is 0 Å². The van der Waals surface area contributed by atoms with E-state index in [0.717, 1.165) is 28.7 Å². The van der Waals surface area contributed by atoms with E-state index in [0.29, 0.717) is 11.1 Å². The second kappa shape index (κ2) is 9.27. The summed E-state index contributed by atoms with van der Waals surface area (Å²) < 4.78 is 43.7. The Hall–Kier alpha value is -3.59. The van der Waals surface area contributed by atoms with Gasteiger partial charge in [-0.2, -0.15) is 0 Å². The molecule has 0 N–H and O–H groups in total. The molecule has 32 heavy (non-hydrogen) atoms. The van der Waals surface area contributed by atoms with Crippen LogP contribution in [-0.4, -0.2) is 0 Å². The summed E-state index contributed by atoms with van der Waals surface area (Å²) in [5.74, 6) is -2.00. The van der Waals surface area contributed by atoms with E-state index in [1.54, 1.807) is 48.6 Å². The van der Waals surface area contributed by atoms with Gasteiger partial charge in [0.25, 0.3) is 0 Å². The lowest BCUT2D eigenvalue weighted by Crippen LogP contribution is -1.93. The summed E-state index contributed by atoms with van der Waals surface area (Å²) in [6, 6.07) is 23.0. The molecule has 0 radical (unpaired) electrons. The van der Waals surface area contributed by atoms with E-state index < -0.39 is 11.6 Å². The number of benzene rings is 4. The van der Waals surface area contributed by atoms with Crippen molar-refractivity contribution in [3.63, 3.8) is 0 Å². The third kappa shape index (κ3) is 4.52. The number of hydrogen-bond donors (Lipinski definition) is 0. The average Bonchev–Trinajstić information content (AvgIpc) is 2.81. The van der Waals surface area contributed by atoms with Gasteiger partial charge >= 0.3 is 0 Å². The zero-order valence-corrected chi connectivity index (χ0v) is 18.0. The minimum absolute atomic E-state index is 0.170. The monoisotopic (exact) mass is 428 g/mol. The Morgan fingerprint density at radius 2 is 1.28 bits per heavy atom. The van der Waals surface area contributed by atoms with E-state index in [2.05, 4.69) is 0 Å². The number of halogens is 3. The maximum absolute atomic E-state index is 14.7. The van der Waals surface area contributed by atoms with Crippen molar-refractivity contribution in [2.24, 2.45) is 0 Å². The molecule has 0 amide bonds. The normalized spacial score (nSPS) is 11.3. The Morgan fingerprint density at radius 3 is 1.94 bits per heavy atom. The molecule has 0 saturated carbocycles. The fourth-order valence-corrected chi connectivity index (χ4v) is 3.62. The highest BCUT2D eigenvalue weighted by atomic mass is 19.2. The first-order valence-electron chi connectivity index (χ1n) is 10.6. The SMILES string of the molecule is CCc1ccc(-c2ccc(C=Cc3ccc(-c4ccc(C)cc4)c(F)c3F)cc2)c(F)c1. The van der Waals surface area contributed by atoms with Gasteiger partial charge in [0.05, 0.1) is 0 Å². The Labute approximate surface area is 186 Å². The summed E-state index contributed by atoms with van der Waals surface area (Å²) in [5.41, 5.74) is 5.16. The highest BCUT2D eigenvalue weighted by Crippen LogP contribution is 2.28. The largest absolute Gasteiger partial charge is 0.206 e. The topological polar surface area (TPSA) is 0 Å². The Balaban J connectivity index is 1.55. The first kappa shape index (κ1) is 21.6. The van der Waals surface area contributed by atoms with E-state index in [-0.39, 0.29) is 16.9 Å². The third-order valence-electron chi connectivity index (χ3n) is 5.59. The quantitative estimate of drug-likeness (QED) is 0.280. The van der Waals surface area contributed by atoms with Gasteiger partial charge in [0.15, 0.2) is 11.6 Å². The van der Waals surface area contributed by atoms with Gasteiger partial charge in [0.1, 0.15) is 5.82 Å². The van der Waals surface area contributed by atoms with Crippen molar-refractivity contribution in [1.29, 1.82) is 0 Å². The van der Waals surface area contributed by atoms with E-state index in [9.17, 15) is 13.2 Å². The van der Waals surface area contributed by atoms with Crippen LogP contribution in [0.15, 0.2) is 78.9 Å². The maximum atomic E-state index is 14.7. The van der Waals surface area contributed by atoms with E-state index in [4.69, 9.17) is 0 Å². The van der Waals surface area contributed by atoms with Crippen LogP contribution in [0.2, 0.25) is 0 Å². The molecule has 0 aliphatic carbocycles. The van der Waals surface area contributed by atoms with Gasteiger partial charge in [-0.1, -0.05) is 97.4 Å². The summed E-state index contributed by atoms with van der Waals surface area (Å²) in [6.07, 6.45) is 4.04. The smallest absolute Gasteiger partial charge is 0.167 e. The van der Waals surface area contributed by atoms with Crippen molar-refractivity contribution in [2.75, 3.05) is 0 Å². The molecule has 160 valence electrons. The van der Waals surface area contributed by atoms with Crippen LogP contribution in [0.5, 0.6) is 0 Å². The molecule has 0 aromatic heterocycles. The van der Waals surface area contributed by atoms with Gasteiger partial charge in [-0.25, -0.2) is 13.2 Å². The summed E-state index contributed by atoms with van der Waals surface area (Å²) in [4.78, 5) is 0. The molecule has 4 aromatic rings. The molecular formula is C29H23F3. The van der Waals surface area contributed by atoms with Crippen LogP contribution in [0.25, 0.3) is 34.4 Å². The molecule has 4 rings (SSSR count). The van der Waals surface area contributed by atoms with Crippen molar-refractivity contribution in [3.8, 4) is 22.3 Å². The lowest BCUT2D eigenvalue weighted by molar-refractivity contribution is 0.509. The number of aryl methyl sites for hydroxylation is 2. The molecule has 0 aliphatic rings. The fourth-order valence-electron chi connectivity index (χ4n) is 3.62. The Kier molecular flexibility index (Phi) is 6.27. The molecule has 0 atom stereocenters. The lowest BCUT2D eigenvalue weighted by Gasteiger charge is -2.07. The fraction of sp³-hybridized carbons (Fsp3) is 0.103. The number of hydrogen-bond acceptors (Lipinski definition) is 0. The third-order valence-corrected chi connectivity index (χ3v) is 5.59. The van der Waals surface area contributed by atoms with Crippen LogP contribution in [-0.2, 0) is 6.42 Å². The molecule has 4 aromatic carbocycles. The van der Waals surface area contributed by atoms with E-state index in [1.165, 1.54) is 0 Å². The molecule has 0 spiro atoms. The average molecular weight is 428 g/mol. The standard InChI is InChI=1S/C29H23F3/c1-3-20-9-16-25(27(30)18-20)22-12-6-21(7-13-22)8-14-24-15-17-26(29(32)28(24)31)23-10-4-19(2)5-11-23/h4-18H,3H2,1-2H3. The van der Waals surface area contributed by atoms with Crippen LogP contribution in [0.4, 0.5) is 13.2 Å². The van der Waals surface area contributed by atoms with Gasteiger partial charge < -0.3 is 0 Å². The summed E-state index contributed by atoms with van der Waals surface area (Å²) >= 11 is 0. The lowest BCUT2D eigenvalue weighted by atomic mass is 10.00. The van der Waals surface area contributed by atoms with Crippen molar-refractivity contribution in [2.45, 2.75) is 20.3 Å². The van der Waals surface area contributed by atoms with Gasteiger partial charge in [-0.3, -0.25) is 0 Å². The molecule has 0 fully saturated rings. The molecule has 0 heterocycles. The van der Waals surface area contributed by atoms with Crippen molar-refractivity contribution in [3.05, 3.63) is 119 Å². The molecular weight excluding hydrogens is 405 g/mol. The highest BCUT2D eigenvalue weighted by Gasteiger charge is 2.13. The van der Waals surface area contributed by atoms with Gasteiger partial charge in [0.2, 0.25) is 0 Å². The van der Waals surface area contributed by atoms with Crippen LogP contribution >= 0.6 is 0 Å². The van der Waals surface area contributed by atoms with Crippen molar-refractivity contribution in [1.82, 2.24) is 0 Å². The van der Waals surface area contributed by atoms with Crippen molar-refractivity contribution < 1.29 is 13.2 Å². The first-order chi connectivity index (χ1) is 15.5. The summed E-state index contributed by atoms with van der Waals surface area (Å²) in [5, 5.41) is 0. The predicted octanol–water partition coefficient (Wildman–Crippen LogP) is 8.48. The zero-order chi connectivity index (χ0) is 22.7. The Bertz CT molecular complexity index is 1270. The van der Waals surface area contributed by atoms with Crippen LogP contribution in [0, 0.1) is 24.4 Å². The van der Waals surface area contributed by atoms with E-state index in [1.807, 2.05) is 56.3 Å².